The first-order chi connectivity index (χ1) is 14.9. The average molecular weight is 420 g/mol. The smallest absolute Gasteiger partial charge is 0.276 e. The number of aryl methyl sites for hydroxylation is 1. The number of aromatic nitrogens is 1. The Hall–Kier alpha value is -3.02. The van der Waals surface area contributed by atoms with Crippen molar-refractivity contribution in [2.45, 2.75) is 64.6 Å². The molecule has 2 amide bonds. The molecule has 1 saturated carbocycles. The average Bonchev–Trinajstić information content (AvgIpc) is 3.33. The molecule has 0 radical (unpaired) electrons. The van der Waals surface area contributed by atoms with Gasteiger partial charge in [-0.05, 0) is 44.7 Å². The molecule has 1 aliphatic heterocycles. The van der Waals surface area contributed by atoms with Gasteiger partial charge >= 0.3 is 0 Å². The van der Waals surface area contributed by atoms with E-state index in [9.17, 15) is 9.59 Å². The SMILES string of the molecule is Cc1ccc(N2C(=O)c3cc4occc4n3C[C@]2(C)C(=O)N[C@H]2CCCC[C@H]2C)cc1. The minimum atomic E-state index is -1.06. The molecule has 2 aliphatic rings. The van der Waals surface area contributed by atoms with Crippen molar-refractivity contribution in [1.29, 1.82) is 0 Å². The van der Waals surface area contributed by atoms with Crippen LogP contribution in [0.1, 0.15) is 55.6 Å². The Labute approximate surface area is 182 Å². The van der Waals surface area contributed by atoms with E-state index < -0.39 is 5.54 Å². The summed E-state index contributed by atoms with van der Waals surface area (Å²) in [6.07, 6.45) is 6.08. The van der Waals surface area contributed by atoms with Crippen LogP contribution in [0.15, 0.2) is 47.1 Å². The van der Waals surface area contributed by atoms with Crippen molar-refractivity contribution in [2.75, 3.05) is 4.90 Å². The number of benzene rings is 1. The Morgan fingerprint density at radius 1 is 1.16 bits per heavy atom. The van der Waals surface area contributed by atoms with Crippen molar-refractivity contribution in [2.24, 2.45) is 5.92 Å². The maximum atomic E-state index is 13.8. The molecule has 1 aliphatic carbocycles. The minimum Gasteiger partial charge on any atom is -0.463 e. The van der Waals surface area contributed by atoms with Gasteiger partial charge in [0.2, 0.25) is 5.91 Å². The van der Waals surface area contributed by atoms with Gasteiger partial charge in [0.15, 0.2) is 5.58 Å². The van der Waals surface area contributed by atoms with Gasteiger partial charge in [0.25, 0.3) is 5.91 Å². The molecule has 1 aromatic carbocycles. The molecular weight excluding hydrogens is 390 g/mol. The van der Waals surface area contributed by atoms with Crippen LogP contribution in [0.25, 0.3) is 11.1 Å². The summed E-state index contributed by atoms with van der Waals surface area (Å²) < 4.78 is 7.47. The van der Waals surface area contributed by atoms with Gasteiger partial charge in [-0.2, -0.15) is 0 Å². The molecule has 2 aromatic heterocycles. The zero-order valence-corrected chi connectivity index (χ0v) is 18.4. The maximum Gasteiger partial charge on any atom is 0.276 e. The van der Waals surface area contributed by atoms with Crippen LogP contribution in [0, 0.1) is 12.8 Å². The summed E-state index contributed by atoms with van der Waals surface area (Å²) in [6.45, 7) is 6.47. The van der Waals surface area contributed by atoms with Gasteiger partial charge < -0.3 is 14.3 Å². The summed E-state index contributed by atoms with van der Waals surface area (Å²) in [6, 6.07) is 11.6. The number of nitrogens with one attached hydrogen (secondary N) is 1. The van der Waals surface area contributed by atoms with Crippen LogP contribution in [-0.2, 0) is 11.3 Å². The lowest BCUT2D eigenvalue weighted by molar-refractivity contribution is -0.127. The molecule has 5 rings (SSSR count). The van der Waals surface area contributed by atoms with Crippen LogP contribution < -0.4 is 10.2 Å². The number of carbonyl (C=O) groups is 2. The number of fused-ring (bicyclic) bond motifs is 3. The summed E-state index contributed by atoms with van der Waals surface area (Å²) in [7, 11) is 0. The van der Waals surface area contributed by atoms with Gasteiger partial charge in [-0.15, -0.1) is 0 Å². The van der Waals surface area contributed by atoms with Crippen molar-refractivity contribution in [3.05, 3.63) is 53.9 Å². The number of carbonyl (C=O) groups excluding carboxylic acids is 2. The van der Waals surface area contributed by atoms with Gasteiger partial charge in [-0.1, -0.05) is 37.5 Å². The highest BCUT2D eigenvalue weighted by Gasteiger charge is 2.49. The standard InChI is InChI=1S/C25H29N3O3/c1-16-8-10-18(11-9-16)28-23(29)21-14-22-20(12-13-31-22)27(21)15-25(28,3)24(30)26-19-7-5-4-6-17(19)2/h8-14,17,19H,4-7,15H2,1-3H3,(H,26,30)/t17-,19+,25-/m1/s1. The van der Waals surface area contributed by atoms with Gasteiger partial charge in [0.1, 0.15) is 11.2 Å². The first kappa shape index (κ1) is 19.9. The van der Waals surface area contributed by atoms with Gasteiger partial charge in [0, 0.05) is 23.9 Å². The van der Waals surface area contributed by atoms with Crippen molar-refractivity contribution < 1.29 is 14.0 Å². The minimum absolute atomic E-state index is 0.101. The molecule has 0 unspecified atom stereocenters. The van der Waals surface area contributed by atoms with Crippen LogP contribution in [0.3, 0.4) is 0 Å². The van der Waals surface area contributed by atoms with E-state index in [1.54, 1.807) is 17.2 Å². The highest BCUT2D eigenvalue weighted by molar-refractivity contribution is 6.13. The molecule has 1 N–H and O–H groups in total. The Kier molecular flexibility index (Phi) is 4.68. The zero-order valence-electron chi connectivity index (χ0n) is 18.4. The summed E-state index contributed by atoms with van der Waals surface area (Å²) in [5, 5.41) is 3.31. The second-order valence-electron chi connectivity index (χ2n) is 9.38. The third-order valence-corrected chi connectivity index (χ3v) is 7.11. The summed E-state index contributed by atoms with van der Waals surface area (Å²) in [5.74, 6) is 0.156. The molecule has 162 valence electrons. The van der Waals surface area contributed by atoms with Crippen LogP contribution in [0.5, 0.6) is 0 Å². The molecule has 0 bridgehead atoms. The van der Waals surface area contributed by atoms with Gasteiger partial charge in [-0.3, -0.25) is 14.5 Å². The van der Waals surface area contributed by atoms with Crippen molar-refractivity contribution in [1.82, 2.24) is 9.88 Å². The molecule has 6 nitrogen and oxygen atoms in total. The lowest BCUT2D eigenvalue weighted by Crippen LogP contribution is -2.65. The Morgan fingerprint density at radius 2 is 1.90 bits per heavy atom. The second kappa shape index (κ2) is 7.29. The molecule has 31 heavy (non-hydrogen) atoms. The normalized spacial score (nSPS) is 26.2. The molecular formula is C25H29N3O3. The number of hydrogen-bond donors (Lipinski definition) is 1. The lowest BCUT2D eigenvalue weighted by atomic mass is 9.84. The molecule has 3 aromatic rings. The van der Waals surface area contributed by atoms with E-state index in [2.05, 4.69) is 12.2 Å². The van der Waals surface area contributed by atoms with Crippen LogP contribution in [0.4, 0.5) is 5.69 Å². The van der Waals surface area contributed by atoms with E-state index in [-0.39, 0.29) is 17.9 Å². The number of amides is 2. The monoisotopic (exact) mass is 419 g/mol. The summed E-state index contributed by atoms with van der Waals surface area (Å²) in [4.78, 5) is 29.2. The molecule has 0 saturated heterocycles. The van der Waals surface area contributed by atoms with E-state index >= 15 is 0 Å². The van der Waals surface area contributed by atoms with E-state index in [0.717, 1.165) is 36.0 Å². The van der Waals surface area contributed by atoms with Gasteiger partial charge in [-0.25, -0.2) is 0 Å². The van der Waals surface area contributed by atoms with Crippen LogP contribution in [-0.4, -0.2) is 28.0 Å². The fraction of sp³-hybridized carbons (Fsp3) is 0.440. The molecule has 3 heterocycles. The quantitative estimate of drug-likeness (QED) is 0.672. The van der Waals surface area contributed by atoms with Crippen LogP contribution >= 0.6 is 0 Å². The number of anilines is 1. The van der Waals surface area contributed by atoms with Crippen LogP contribution in [0.2, 0.25) is 0 Å². The number of furan rings is 1. The summed E-state index contributed by atoms with van der Waals surface area (Å²) >= 11 is 0. The predicted molar refractivity (Wildman–Crippen MR) is 120 cm³/mol. The van der Waals surface area contributed by atoms with Crippen molar-refractivity contribution in [3.8, 4) is 0 Å². The summed E-state index contributed by atoms with van der Waals surface area (Å²) in [5.41, 5.74) is 2.84. The molecule has 0 spiro atoms. The fourth-order valence-electron chi connectivity index (χ4n) is 5.17. The molecule has 3 atom stereocenters. The number of nitrogens with zero attached hydrogens (tertiary/aromatic N) is 2. The highest BCUT2D eigenvalue weighted by atomic mass is 16.3. The molecule has 1 fully saturated rings. The van der Waals surface area contributed by atoms with Crippen molar-refractivity contribution in [3.63, 3.8) is 0 Å². The number of rotatable bonds is 3. The highest BCUT2D eigenvalue weighted by Crippen LogP contribution is 2.37. The largest absolute Gasteiger partial charge is 0.463 e. The topological polar surface area (TPSA) is 67.5 Å². The fourth-order valence-corrected chi connectivity index (χ4v) is 5.17. The Morgan fingerprint density at radius 3 is 2.65 bits per heavy atom. The Bertz CT molecular complexity index is 1140. The Balaban J connectivity index is 1.59. The van der Waals surface area contributed by atoms with E-state index in [1.165, 1.54) is 6.42 Å². The predicted octanol–water partition coefficient (Wildman–Crippen LogP) is 4.66. The van der Waals surface area contributed by atoms with Gasteiger partial charge in [0.05, 0.1) is 18.3 Å². The third kappa shape index (κ3) is 3.16. The number of hydrogen-bond acceptors (Lipinski definition) is 3. The molecule has 6 heteroatoms. The second-order valence-corrected chi connectivity index (χ2v) is 9.38. The maximum absolute atomic E-state index is 13.8. The van der Waals surface area contributed by atoms with E-state index in [0.29, 0.717) is 23.7 Å². The van der Waals surface area contributed by atoms with Crippen molar-refractivity contribution >= 4 is 28.6 Å². The van der Waals surface area contributed by atoms with E-state index in [1.807, 2.05) is 48.7 Å². The third-order valence-electron chi connectivity index (χ3n) is 7.11. The zero-order chi connectivity index (χ0) is 21.8. The first-order valence-electron chi connectivity index (χ1n) is 11.2. The first-order valence-corrected chi connectivity index (χ1v) is 11.2. The lowest BCUT2D eigenvalue weighted by Gasteiger charge is -2.45. The van der Waals surface area contributed by atoms with E-state index in [4.69, 9.17) is 4.42 Å².